The van der Waals surface area contributed by atoms with Crippen molar-refractivity contribution >= 4 is 28.5 Å². The first kappa shape index (κ1) is 15.3. The third kappa shape index (κ3) is 2.29. The largest absolute Gasteiger partial charge is 0.366 e. The SMILES string of the molecule is CC(C)N1CCC[C@@]1(C)c1nc2c(C(N)=O)cc(Cl)cc2[nH]1. The van der Waals surface area contributed by atoms with Crippen LogP contribution in [0, 0.1) is 0 Å². The van der Waals surface area contributed by atoms with Crippen molar-refractivity contribution in [3.8, 4) is 0 Å². The van der Waals surface area contributed by atoms with E-state index in [4.69, 9.17) is 22.3 Å². The second-order valence-corrected chi connectivity index (χ2v) is 6.90. The van der Waals surface area contributed by atoms with Crippen LogP contribution in [0.3, 0.4) is 0 Å². The Hall–Kier alpha value is -1.59. The van der Waals surface area contributed by atoms with Crippen LogP contribution < -0.4 is 5.73 Å². The maximum absolute atomic E-state index is 11.6. The minimum absolute atomic E-state index is 0.158. The summed E-state index contributed by atoms with van der Waals surface area (Å²) >= 11 is 6.08. The highest BCUT2D eigenvalue weighted by Crippen LogP contribution is 2.39. The lowest BCUT2D eigenvalue weighted by Gasteiger charge is -2.36. The molecule has 1 aromatic carbocycles. The molecule has 0 aliphatic carbocycles. The molecule has 0 unspecified atom stereocenters. The number of aromatic amines is 1. The van der Waals surface area contributed by atoms with Crippen molar-refractivity contribution in [2.75, 3.05) is 6.54 Å². The standard InChI is InChI=1S/C16H21ClN4O/c1-9(2)21-6-4-5-16(21,3)15-19-12-8-10(17)7-11(14(18)22)13(12)20-15/h7-9H,4-6H2,1-3H3,(H2,18,22)(H,19,20)/t16-/m0/s1. The van der Waals surface area contributed by atoms with E-state index in [1.54, 1.807) is 12.1 Å². The maximum atomic E-state index is 11.6. The van der Waals surface area contributed by atoms with E-state index in [0.29, 0.717) is 22.1 Å². The van der Waals surface area contributed by atoms with Gasteiger partial charge in [0.25, 0.3) is 5.91 Å². The van der Waals surface area contributed by atoms with Crippen molar-refractivity contribution in [3.63, 3.8) is 0 Å². The molecule has 2 aromatic rings. The van der Waals surface area contributed by atoms with Gasteiger partial charge in [-0.1, -0.05) is 11.6 Å². The number of nitrogens with zero attached hydrogens (tertiary/aromatic N) is 2. The molecule has 1 saturated heterocycles. The molecule has 1 aliphatic heterocycles. The number of H-pyrrole nitrogens is 1. The Morgan fingerprint density at radius 2 is 2.23 bits per heavy atom. The van der Waals surface area contributed by atoms with Gasteiger partial charge in [-0.15, -0.1) is 0 Å². The minimum atomic E-state index is -0.511. The Morgan fingerprint density at radius 1 is 1.50 bits per heavy atom. The first-order valence-corrected chi connectivity index (χ1v) is 7.97. The van der Waals surface area contributed by atoms with E-state index in [2.05, 4.69) is 30.7 Å². The van der Waals surface area contributed by atoms with Gasteiger partial charge < -0.3 is 10.7 Å². The molecule has 2 heterocycles. The maximum Gasteiger partial charge on any atom is 0.251 e. The number of likely N-dealkylation sites (tertiary alicyclic amines) is 1. The van der Waals surface area contributed by atoms with Gasteiger partial charge in [-0.25, -0.2) is 4.98 Å². The monoisotopic (exact) mass is 320 g/mol. The van der Waals surface area contributed by atoms with Crippen molar-refractivity contribution in [2.24, 2.45) is 5.73 Å². The van der Waals surface area contributed by atoms with Crippen LogP contribution in [0.4, 0.5) is 0 Å². The number of primary amides is 1. The Balaban J connectivity index is 2.17. The average Bonchev–Trinajstić information content (AvgIpc) is 3.01. The third-order valence-electron chi connectivity index (χ3n) is 4.65. The number of imidazole rings is 1. The smallest absolute Gasteiger partial charge is 0.251 e. The van der Waals surface area contributed by atoms with E-state index >= 15 is 0 Å². The van der Waals surface area contributed by atoms with Gasteiger partial charge in [0, 0.05) is 11.1 Å². The summed E-state index contributed by atoms with van der Waals surface area (Å²) in [5.41, 5.74) is 7.02. The van der Waals surface area contributed by atoms with Crippen LogP contribution >= 0.6 is 11.6 Å². The van der Waals surface area contributed by atoms with Crippen molar-refractivity contribution in [1.82, 2.24) is 14.9 Å². The fourth-order valence-electron chi connectivity index (χ4n) is 3.59. The third-order valence-corrected chi connectivity index (χ3v) is 4.87. The summed E-state index contributed by atoms with van der Waals surface area (Å²) in [7, 11) is 0. The number of fused-ring (bicyclic) bond motifs is 1. The number of hydrogen-bond acceptors (Lipinski definition) is 3. The van der Waals surface area contributed by atoms with Crippen molar-refractivity contribution in [2.45, 2.75) is 45.2 Å². The summed E-state index contributed by atoms with van der Waals surface area (Å²) in [6.45, 7) is 7.63. The molecule has 1 amide bonds. The Morgan fingerprint density at radius 3 is 2.86 bits per heavy atom. The Bertz CT molecular complexity index is 739. The normalized spacial score (nSPS) is 22.8. The van der Waals surface area contributed by atoms with Gasteiger partial charge in [0.2, 0.25) is 0 Å². The quantitative estimate of drug-likeness (QED) is 0.912. The van der Waals surface area contributed by atoms with Gasteiger partial charge in [-0.05, 0) is 52.3 Å². The van der Waals surface area contributed by atoms with Crippen LogP contribution in [0.25, 0.3) is 11.0 Å². The van der Waals surface area contributed by atoms with E-state index in [9.17, 15) is 4.79 Å². The average molecular weight is 321 g/mol. The molecule has 118 valence electrons. The molecule has 5 nitrogen and oxygen atoms in total. The molecule has 6 heteroatoms. The highest BCUT2D eigenvalue weighted by Gasteiger charge is 2.42. The molecule has 1 aliphatic rings. The lowest BCUT2D eigenvalue weighted by atomic mass is 9.97. The molecular formula is C16H21ClN4O. The predicted molar refractivity (Wildman–Crippen MR) is 88.0 cm³/mol. The number of carbonyl (C=O) groups excluding carboxylic acids is 1. The number of halogens is 1. The number of nitrogens with one attached hydrogen (secondary N) is 1. The molecule has 1 aromatic heterocycles. The summed E-state index contributed by atoms with van der Waals surface area (Å²) in [6, 6.07) is 3.80. The number of benzene rings is 1. The molecule has 0 spiro atoms. The molecule has 22 heavy (non-hydrogen) atoms. The van der Waals surface area contributed by atoms with Gasteiger partial charge in [-0.3, -0.25) is 9.69 Å². The Labute approximate surface area is 134 Å². The van der Waals surface area contributed by atoms with E-state index in [1.165, 1.54) is 0 Å². The van der Waals surface area contributed by atoms with E-state index in [1.807, 2.05) is 0 Å². The van der Waals surface area contributed by atoms with Gasteiger partial charge in [0.15, 0.2) is 0 Å². The molecule has 0 bridgehead atoms. The lowest BCUT2D eigenvalue weighted by molar-refractivity contribution is 0.100. The molecule has 1 fully saturated rings. The topological polar surface area (TPSA) is 75.0 Å². The van der Waals surface area contributed by atoms with Crippen LogP contribution in [0.1, 0.15) is 49.8 Å². The van der Waals surface area contributed by atoms with E-state index in [0.717, 1.165) is 30.7 Å². The molecule has 1 atom stereocenters. The summed E-state index contributed by atoms with van der Waals surface area (Å²) < 4.78 is 0. The molecule has 0 saturated carbocycles. The minimum Gasteiger partial charge on any atom is -0.366 e. The van der Waals surface area contributed by atoms with Gasteiger partial charge in [0.1, 0.15) is 11.3 Å². The fraction of sp³-hybridized carbons (Fsp3) is 0.500. The number of hydrogen-bond donors (Lipinski definition) is 2. The van der Waals surface area contributed by atoms with Gasteiger partial charge in [0.05, 0.1) is 16.6 Å². The number of rotatable bonds is 3. The van der Waals surface area contributed by atoms with E-state index in [-0.39, 0.29) is 5.54 Å². The zero-order valence-electron chi connectivity index (χ0n) is 13.1. The Kier molecular flexibility index (Phi) is 3.65. The number of carbonyl (C=O) groups is 1. The highest BCUT2D eigenvalue weighted by molar-refractivity contribution is 6.32. The molecule has 3 rings (SSSR count). The van der Waals surface area contributed by atoms with E-state index < -0.39 is 5.91 Å². The second-order valence-electron chi connectivity index (χ2n) is 6.46. The van der Waals surface area contributed by atoms with Crippen LogP contribution in [0.15, 0.2) is 12.1 Å². The second kappa shape index (κ2) is 5.25. The van der Waals surface area contributed by atoms with Gasteiger partial charge in [-0.2, -0.15) is 0 Å². The predicted octanol–water partition coefficient (Wildman–Crippen LogP) is 3.03. The molecule has 0 radical (unpaired) electrons. The van der Waals surface area contributed by atoms with Crippen molar-refractivity contribution in [1.29, 1.82) is 0 Å². The number of amides is 1. The van der Waals surface area contributed by atoms with Crippen molar-refractivity contribution < 1.29 is 4.79 Å². The molecule has 3 N–H and O–H groups in total. The van der Waals surface area contributed by atoms with Crippen molar-refractivity contribution in [3.05, 3.63) is 28.5 Å². The first-order chi connectivity index (χ1) is 10.3. The molecular weight excluding hydrogens is 300 g/mol. The first-order valence-electron chi connectivity index (χ1n) is 7.59. The van der Waals surface area contributed by atoms with Crippen LogP contribution in [0.2, 0.25) is 5.02 Å². The van der Waals surface area contributed by atoms with Crippen LogP contribution in [-0.4, -0.2) is 33.4 Å². The summed E-state index contributed by atoms with van der Waals surface area (Å²) in [5, 5.41) is 0.480. The fourth-order valence-corrected chi connectivity index (χ4v) is 3.81. The van der Waals surface area contributed by atoms with Crippen LogP contribution in [0.5, 0.6) is 0 Å². The number of nitrogens with two attached hydrogens (primary N) is 1. The number of aromatic nitrogens is 2. The summed E-state index contributed by atoms with van der Waals surface area (Å²) in [4.78, 5) is 22.1. The zero-order chi connectivity index (χ0) is 16.1. The highest BCUT2D eigenvalue weighted by atomic mass is 35.5. The van der Waals surface area contributed by atoms with Crippen LogP contribution in [-0.2, 0) is 5.54 Å². The summed E-state index contributed by atoms with van der Waals surface area (Å²) in [5.74, 6) is 0.362. The zero-order valence-corrected chi connectivity index (χ0v) is 13.9. The van der Waals surface area contributed by atoms with Gasteiger partial charge >= 0.3 is 0 Å². The summed E-state index contributed by atoms with van der Waals surface area (Å²) in [6.07, 6.45) is 2.17. The lowest BCUT2D eigenvalue weighted by Crippen LogP contribution is -2.43.